The second kappa shape index (κ2) is 26.4. The first kappa shape index (κ1) is 64.7. The molecule has 532 valence electrons. The first-order chi connectivity index (χ1) is 56.0. The molecule has 8 aromatic heterocycles. The van der Waals surface area contributed by atoms with Crippen molar-refractivity contribution in [3.05, 3.63) is 382 Å². The van der Waals surface area contributed by atoms with Crippen molar-refractivity contribution in [1.29, 1.82) is 0 Å². The van der Waals surface area contributed by atoms with E-state index in [4.69, 9.17) is 19.0 Å². The van der Waals surface area contributed by atoms with Crippen molar-refractivity contribution in [2.45, 2.75) is 0 Å². The van der Waals surface area contributed by atoms with Gasteiger partial charge in [0.25, 0.3) is 0 Å². The smallest absolute Gasteiger partial charge is 0.168 e. The van der Waals surface area contributed by atoms with Crippen LogP contribution in [0.5, 0.6) is 0 Å². The topological polar surface area (TPSA) is 118 Å². The number of nitrogens with one attached hydrogen (secondary N) is 1. The molecule has 0 radical (unpaired) electrons. The molecule has 12 nitrogen and oxygen atoms in total. The lowest BCUT2D eigenvalue weighted by molar-refractivity contribution is 0.627. The highest BCUT2D eigenvalue weighted by Gasteiger charge is 2.25. The number of halogens is 1. The van der Waals surface area contributed by atoms with Crippen LogP contribution in [0.2, 0.25) is 0 Å². The van der Waals surface area contributed by atoms with E-state index >= 15 is 0 Å². The summed E-state index contributed by atoms with van der Waals surface area (Å²) in [6.07, 6.45) is 0. The molecule has 24 aromatic rings. The summed E-state index contributed by atoms with van der Waals surface area (Å²) >= 11 is 0. The Bertz CT molecular complexity index is 7720. The van der Waals surface area contributed by atoms with Gasteiger partial charge in [-0.2, -0.15) is 0 Å². The maximum absolute atomic E-state index is 14.2. The van der Waals surface area contributed by atoms with Crippen LogP contribution in [0.1, 0.15) is 0 Å². The quantitative estimate of drug-likeness (QED) is 0.154. The summed E-state index contributed by atoms with van der Waals surface area (Å²) in [7, 11) is 0. The predicted molar refractivity (Wildman–Crippen MR) is 458 cm³/mol. The first-order valence-corrected chi connectivity index (χ1v) is 37.7. The van der Waals surface area contributed by atoms with E-state index < -0.39 is 0 Å². The van der Waals surface area contributed by atoms with Crippen LogP contribution in [0.15, 0.2) is 385 Å². The Hall–Kier alpha value is -15.5. The number of furan rings is 2. The van der Waals surface area contributed by atoms with E-state index in [-0.39, 0.29) is 5.82 Å². The summed E-state index contributed by atoms with van der Waals surface area (Å²) in [6.45, 7) is 0. The molecule has 0 saturated heterocycles. The Morgan fingerprint density at radius 3 is 1.06 bits per heavy atom. The van der Waals surface area contributed by atoms with Gasteiger partial charge in [0.15, 0.2) is 23.3 Å². The van der Waals surface area contributed by atoms with E-state index in [9.17, 15) is 4.39 Å². The van der Waals surface area contributed by atoms with Gasteiger partial charge in [0.1, 0.15) is 28.1 Å². The van der Waals surface area contributed by atoms with Crippen LogP contribution in [-0.4, -0.2) is 48.2 Å². The number of hydrogen-bond donors (Lipinski definition) is 1. The summed E-state index contributed by atoms with van der Waals surface area (Å²) < 4.78 is 38.0. The zero-order valence-corrected chi connectivity index (χ0v) is 60.5. The van der Waals surface area contributed by atoms with Gasteiger partial charge in [-0.1, -0.05) is 243 Å². The Balaban J connectivity index is 0.000000116. The third kappa shape index (κ3) is 10.7. The Morgan fingerprint density at radius 1 is 0.221 bits per heavy atom. The predicted octanol–water partition coefficient (Wildman–Crippen LogP) is 25.8. The Morgan fingerprint density at radius 2 is 0.575 bits per heavy atom. The number of fused-ring (bicyclic) bond motifs is 20. The van der Waals surface area contributed by atoms with E-state index in [2.05, 4.69) is 256 Å². The number of benzene rings is 16. The van der Waals surface area contributed by atoms with Gasteiger partial charge in [-0.05, 0) is 133 Å². The maximum Gasteiger partial charge on any atom is 0.168 e. The summed E-state index contributed by atoms with van der Waals surface area (Å²) in [6, 6.07) is 129. The molecule has 0 aliphatic rings. The van der Waals surface area contributed by atoms with Crippen molar-refractivity contribution in [3.8, 4) is 74.0 Å². The van der Waals surface area contributed by atoms with E-state index in [1.54, 1.807) is 12.1 Å². The van der Waals surface area contributed by atoms with E-state index in [1.165, 1.54) is 38.4 Å². The van der Waals surface area contributed by atoms with Crippen LogP contribution in [0.3, 0.4) is 0 Å². The van der Waals surface area contributed by atoms with Crippen molar-refractivity contribution >= 4 is 131 Å². The number of nitrogens with zero attached hydrogens (tertiary/aromatic N) is 9. The fraction of sp³-hybridized carbons (Fsp3) is 0. The first-order valence-electron chi connectivity index (χ1n) is 37.7. The van der Waals surface area contributed by atoms with Crippen LogP contribution in [0, 0.1) is 5.82 Å². The molecule has 0 fully saturated rings. The number of aromatic amines is 1. The lowest BCUT2D eigenvalue weighted by Crippen LogP contribution is -2.01. The van der Waals surface area contributed by atoms with Gasteiger partial charge < -0.3 is 27.5 Å². The normalized spacial score (nSPS) is 11.8. The zero-order valence-electron chi connectivity index (χ0n) is 60.5. The van der Waals surface area contributed by atoms with E-state index in [1.807, 2.05) is 140 Å². The number of aromatic nitrogens is 10. The lowest BCUT2D eigenvalue weighted by Gasteiger charge is -2.14. The van der Waals surface area contributed by atoms with Gasteiger partial charge in [-0.3, -0.25) is 9.13 Å². The SMILES string of the molecule is Fc1cccc(-n2c3ccccc3c3cc(-n4c(-c5ccccc5)nnc4-c4ccccc4)ccc32)c1.c1ccc(-c2nnc(-c3ccccc3)n2-c2ccc3c(c2)c2ccccc2n3-c2cccc(-n3c4ccccc4c4c5oc6ccccc6c5ccc43)c2)cc1.c1ccc2c(c1)[nH]c1ccc3c4ccccc4oc3c12. The molecule has 8 heterocycles. The van der Waals surface area contributed by atoms with Gasteiger partial charge in [-0.15, -0.1) is 20.4 Å². The van der Waals surface area contributed by atoms with Crippen LogP contribution >= 0.6 is 0 Å². The minimum atomic E-state index is -0.260. The van der Waals surface area contributed by atoms with Gasteiger partial charge in [0.05, 0.1) is 60.8 Å². The van der Waals surface area contributed by atoms with Crippen molar-refractivity contribution in [2.24, 2.45) is 0 Å². The van der Waals surface area contributed by atoms with Crippen molar-refractivity contribution in [1.82, 2.24) is 48.2 Å². The molecule has 24 rings (SSSR count). The number of hydrogen-bond acceptors (Lipinski definition) is 6. The molecule has 0 spiro atoms. The molecular formula is C100H63FN10O2. The molecule has 0 atom stereocenters. The van der Waals surface area contributed by atoms with E-state index in [0.717, 1.165) is 173 Å². The number of para-hydroxylation sites is 6. The molecule has 0 aliphatic heterocycles. The summed E-state index contributed by atoms with van der Waals surface area (Å²) in [5.74, 6) is 2.88. The minimum absolute atomic E-state index is 0.260. The van der Waals surface area contributed by atoms with Crippen LogP contribution < -0.4 is 0 Å². The van der Waals surface area contributed by atoms with Crippen LogP contribution in [-0.2, 0) is 0 Å². The van der Waals surface area contributed by atoms with Crippen molar-refractivity contribution in [3.63, 3.8) is 0 Å². The average molecular weight is 1460 g/mol. The van der Waals surface area contributed by atoms with Gasteiger partial charge >= 0.3 is 0 Å². The number of H-pyrrole nitrogens is 1. The fourth-order valence-electron chi connectivity index (χ4n) is 16.9. The lowest BCUT2D eigenvalue weighted by atomic mass is 10.1. The molecule has 0 unspecified atom stereocenters. The highest BCUT2D eigenvalue weighted by atomic mass is 19.1. The second-order valence-corrected chi connectivity index (χ2v) is 28.4. The molecule has 13 heteroatoms. The van der Waals surface area contributed by atoms with Crippen LogP contribution in [0.25, 0.3) is 205 Å². The summed E-state index contributed by atoms with van der Waals surface area (Å²) in [5, 5.41) is 32.5. The second-order valence-electron chi connectivity index (χ2n) is 28.4. The summed E-state index contributed by atoms with van der Waals surface area (Å²) in [4.78, 5) is 3.45. The molecule has 0 amide bonds. The van der Waals surface area contributed by atoms with Crippen molar-refractivity contribution in [2.75, 3.05) is 0 Å². The highest BCUT2D eigenvalue weighted by molar-refractivity contribution is 6.25. The van der Waals surface area contributed by atoms with Crippen LogP contribution in [0.4, 0.5) is 4.39 Å². The average Bonchev–Trinajstić information content (AvgIpc) is 1.54. The third-order valence-electron chi connectivity index (χ3n) is 21.9. The molecule has 113 heavy (non-hydrogen) atoms. The molecule has 0 aliphatic carbocycles. The van der Waals surface area contributed by atoms with Gasteiger partial charge in [-0.25, -0.2) is 4.39 Å². The number of rotatable bonds is 9. The monoisotopic (exact) mass is 1450 g/mol. The molecule has 0 saturated carbocycles. The van der Waals surface area contributed by atoms with Gasteiger partial charge in [0.2, 0.25) is 0 Å². The fourth-order valence-corrected chi connectivity index (χ4v) is 16.9. The third-order valence-corrected chi connectivity index (χ3v) is 21.9. The largest absolute Gasteiger partial charge is 0.455 e. The molecule has 0 bridgehead atoms. The maximum atomic E-state index is 14.2. The van der Waals surface area contributed by atoms with E-state index in [0.29, 0.717) is 0 Å². The Labute approximate surface area is 644 Å². The molecular weight excluding hydrogens is 1390 g/mol. The Kier molecular flexibility index (Phi) is 15.1. The minimum Gasteiger partial charge on any atom is -0.455 e. The zero-order chi connectivity index (χ0) is 74.6. The van der Waals surface area contributed by atoms with Crippen molar-refractivity contribution < 1.29 is 13.2 Å². The highest BCUT2D eigenvalue weighted by Crippen LogP contribution is 2.44. The molecule has 1 N–H and O–H groups in total. The van der Waals surface area contributed by atoms with Gasteiger partial charge in [0, 0.05) is 98.7 Å². The standard InChI is InChI=1S/C50H31N5O.C32H21FN4.C18H11NO/c1-3-14-32(15-4-1)49-51-52-50(33-16-5-2-6-17-33)55(49)36-26-28-44-41(31-36)37-20-7-10-23-42(37)53(44)34-18-13-19-35(30-34)54-43-24-11-8-22-40(43)47-45(54)29-27-39-38-21-9-12-25-46(38)56-48(39)47;33-24-14-9-15-25(20-24)36-29-17-8-7-16-27(29)28-21-26(18-19-30(28)36)37-31(22-10-3-1-4-11-22)34-35-32(37)23-12-5-2-6-13-23;1-3-7-14-13(6-1)17-15(19-14)10-9-12-11-5-2-4-8-16(11)20-18(12)17/h1-31H;1-21H;1-10,19H. The summed E-state index contributed by atoms with van der Waals surface area (Å²) in [5.41, 5.74) is 21.4. The molecule has 16 aromatic carbocycles.